The highest BCUT2D eigenvalue weighted by Gasteiger charge is 2.31. The molecule has 35 heavy (non-hydrogen) atoms. The van der Waals surface area contributed by atoms with Gasteiger partial charge in [0.15, 0.2) is 0 Å². The second-order valence-electron chi connectivity index (χ2n) is 8.07. The van der Waals surface area contributed by atoms with Gasteiger partial charge in [0.05, 0.1) is 10.5 Å². The van der Waals surface area contributed by atoms with E-state index in [0.29, 0.717) is 6.20 Å². The first-order valence-electron chi connectivity index (χ1n) is 10.5. The van der Waals surface area contributed by atoms with Crippen molar-refractivity contribution < 1.29 is 36.2 Å². The van der Waals surface area contributed by atoms with E-state index in [-0.39, 0.29) is 17.4 Å². The summed E-state index contributed by atoms with van der Waals surface area (Å²) in [7, 11) is -4.02. The topological polar surface area (TPSA) is 106 Å². The number of hydrogen-bond donors (Lipinski definition) is 2. The van der Waals surface area contributed by atoms with Gasteiger partial charge in [-0.2, -0.15) is 17.9 Å². The summed E-state index contributed by atoms with van der Waals surface area (Å²) in [4.78, 5) is 14.9. The highest BCUT2D eigenvalue weighted by atomic mass is 32.2. The fourth-order valence-corrected chi connectivity index (χ4v) is 4.46. The van der Waals surface area contributed by atoms with Crippen molar-refractivity contribution in [3.8, 4) is 17.0 Å². The molecule has 2 aromatic carbocycles. The van der Waals surface area contributed by atoms with Crippen LogP contribution in [0.2, 0.25) is 0 Å². The normalized spacial score (nSPS) is 13.0. The Morgan fingerprint density at radius 2 is 1.57 bits per heavy atom. The number of sulfonamides is 1. The molecule has 0 saturated heterocycles. The summed E-state index contributed by atoms with van der Waals surface area (Å²) in [5.41, 5.74) is 1.43. The van der Waals surface area contributed by atoms with E-state index >= 15 is 0 Å². The summed E-state index contributed by atoms with van der Waals surface area (Å²) in [5, 5.41) is 9.23. The summed E-state index contributed by atoms with van der Waals surface area (Å²) in [5.74, 6) is -1.62. The van der Waals surface area contributed by atoms with Crippen molar-refractivity contribution in [1.82, 2.24) is 9.71 Å². The molecule has 1 aromatic heterocycles. The summed E-state index contributed by atoms with van der Waals surface area (Å²) >= 11 is 0. The van der Waals surface area contributed by atoms with Crippen LogP contribution in [0.4, 0.5) is 13.2 Å². The van der Waals surface area contributed by atoms with Crippen molar-refractivity contribution in [2.45, 2.75) is 37.6 Å². The number of benzene rings is 2. The van der Waals surface area contributed by atoms with Crippen LogP contribution in [0.15, 0.2) is 71.8 Å². The van der Waals surface area contributed by atoms with Gasteiger partial charge in [0.2, 0.25) is 15.9 Å². The summed E-state index contributed by atoms with van der Waals surface area (Å²) in [6.07, 6.45) is -3.75. The predicted octanol–water partition coefficient (Wildman–Crippen LogP) is 4.73. The van der Waals surface area contributed by atoms with Crippen LogP contribution >= 0.6 is 0 Å². The number of aromatic nitrogens is 1. The van der Waals surface area contributed by atoms with Crippen molar-refractivity contribution >= 4 is 16.0 Å². The molecule has 1 heterocycles. The number of ether oxygens (including phenoxy) is 1. The van der Waals surface area contributed by atoms with Gasteiger partial charge < -0.3 is 9.84 Å². The summed E-state index contributed by atoms with van der Waals surface area (Å²) in [6.45, 7) is 3.32. The van der Waals surface area contributed by atoms with E-state index < -0.39 is 39.7 Å². The van der Waals surface area contributed by atoms with Crippen LogP contribution in [0.1, 0.15) is 25.0 Å². The van der Waals surface area contributed by atoms with Gasteiger partial charge in [0, 0.05) is 12.3 Å². The van der Waals surface area contributed by atoms with Crippen molar-refractivity contribution in [2.75, 3.05) is 0 Å². The first kappa shape index (κ1) is 26.2. The molecule has 0 bridgehead atoms. The first-order valence-corrected chi connectivity index (χ1v) is 12.0. The zero-order valence-electron chi connectivity index (χ0n) is 18.8. The third kappa shape index (κ3) is 6.80. The van der Waals surface area contributed by atoms with Gasteiger partial charge in [-0.3, -0.25) is 4.79 Å². The van der Waals surface area contributed by atoms with Crippen LogP contribution in [0.25, 0.3) is 11.1 Å². The quantitative estimate of drug-likeness (QED) is 0.433. The Labute approximate surface area is 200 Å². The smallest absolute Gasteiger partial charge is 0.417 e. The van der Waals surface area contributed by atoms with Crippen LogP contribution in [0.5, 0.6) is 5.88 Å². The maximum Gasteiger partial charge on any atom is 0.417 e. The Hall–Kier alpha value is -3.44. The molecule has 0 amide bonds. The van der Waals surface area contributed by atoms with Gasteiger partial charge in [-0.1, -0.05) is 50.2 Å². The number of rotatable bonds is 9. The Bertz CT molecular complexity index is 1260. The lowest BCUT2D eigenvalue weighted by Gasteiger charge is -2.18. The molecular weight excluding hydrogens is 485 g/mol. The fourth-order valence-electron chi connectivity index (χ4n) is 3.12. The molecule has 186 valence electrons. The highest BCUT2D eigenvalue weighted by molar-refractivity contribution is 7.89. The van der Waals surface area contributed by atoms with E-state index in [9.17, 15) is 31.5 Å². The fraction of sp³-hybridized carbons (Fsp3) is 0.250. The molecule has 0 spiro atoms. The number of pyridine rings is 1. The molecule has 0 aliphatic heterocycles. The monoisotopic (exact) mass is 508 g/mol. The van der Waals surface area contributed by atoms with Crippen LogP contribution in [-0.4, -0.2) is 30.5 Å². The molecule has 2 N–H and O–H groups in total. The molecule has 7 nitrogen and oxygen atoms in total. The van der Waals surface area contributed by atoms with E-state index in [1.807, 2.05) is 0 Å². The Morgan fingerprint density at radius 3 is 2.03 bits per heavy atom. The van der Waals surface area contributed by atoms with Crippen molar-refractivity contribution in [3.63, 3.8) is 0 Å². The minimum absolute atomic E-state index is 0.0535. The molecule has 0 radical (unpaired) electrons. The number of alkyl halides is 3. The van der Waals surface area contributed by atoms with Gasteiger partial charge in [-0.25, -0.2) is 13.4 Å². The third-order valence-corrected chi connectivity index (χ3v) is 6.57. The molecule has 0 unspecified atom stereocenters. The van der Waals surface area contributed by atoms with Crippen LogP contribution < -0.4 is 9.46 Å². The zero-order valence-corrected chi connectivity index (χ0v) is 19.6. The van der Waals surface area contributed by atoms with E-state index in [0.717, 1.165) is 28.8 Å². The van der Waals surface area contributed by atoms with Crippen LogP contribution in [0.3, 0.4) is 0 Å². The molecule has 1 atom stereocenters. The number of hydrogen-bond acceptors (Lipinski definition) is 5. The minimum Gasteiger partial charge on any atom is -0.480 e. The number of nitrogens with one attached hydrogen (secondary N) is 1. The number of halogens is 3. The summed E-state index contributed by atoms with van der Waals surface area (Å²) in [6, 6.07) is 13.9. The molecule has 0 aliphatic rings. The number of nitrogens with zero attached hydrogens (tertiary/aromatic N) is 1. The molecule has 0 fully saturated rings. The van der Waals surface area contributed by atoms with Crippen molar-refractivity contribution in [3.05, 3.63) is 78.0 Å². The second kappa shape index (κ2) is 10.4. The highest BCUT2D eigenvalue weighted by Crippen LogP contribution is 2.29. The van der Waals surface area contributed by atoms with Gasteiger partial charge in [-0.05, 0) is 40.8 Å². The SMILES string of the molecule is CC(C)[C@@H](NS(=O)(=O)c1ccc(-c2ccc(COc3ccc(C(F)(F)F)cn3)cc2)cc1)C(=O)O. The molecule has 3 aromatic rings. The number of carboxylic acids is 1. The maximum atomic E-state index is 12.6. The first-order chi connectivity index (χ1) is 16.4. The number of carboxylic acid groups (broad SMARTS) is 1. The standard InChI is InChI=1S/C24H23F3N2O5S/c1-15(2)22(23(30)31)29-35(32,33)20-10-7-18(8-11-20)17-5-3-16(4-6-17)14-34-21-12-9-19(13-28-21)24(25,26)27/h3-13,15,22,29H,14H2,1-2H3,(H,30,31)/t22-/m1/s1. The zero-order chi connectivity index (χ0) is 25.8. The van der Waals surface area contributed by atoms with Crippen LogP contribution in [0, 0.1) is 5.92 Å². The number of aliphatic carboxylic acids is 1. The largest absolute Gasteiger partial charge is 0.480 e. The predicted molar refractivity (Wildman–Crippen MR) is 122 cm³/mol. The average Bonchev–Trinajstić information content (AvgIpc) is 2.81. The second-order valence-corrected chi connectivity index (χ2v) is 9.79. The third-order valence-electron chi connectivity index (χ3n) is 5.12. The van der Waals surface area contributed by atoms with E-state index in [2.05, 4.69) is 9.71 Å². The molecule has 0 saturated carbocycles. The molecule has 11 heteroatoms. The lowest BCUT2D eigenvalue weighted by atomic mass is 10.0. The van der Waals surface area contributed by atoms with Gasteiger partial charge in [0.1, 0.15) is 12.6 Å². The maximum absolute atomic E-state index is 12.6. The number of carbonyl (C=O) groups is 1. The lowest BCUT2D eigenvalue weighted by Crippen LogP contribution is -2.44. The van der Waals surface area contributed by atoms with Crippen molar-refractivity contribution in [1.29, 1.82) is 0 Å². The van der Waals surface area contributed by atoms with Gasteiger partial charge >= 0.3 is 12.1 Å². The average molecular weight is 509 g/mol. The summed E-state index contributed by atoms with van der Waals surface area (Å²) < 4.78 is 70.5. The lowest BCUT2D eigenvalue weighted by molar-refractivity contribution is -0.140. The Kier molecular flexibility index (Phi) is 7.81. The van der Waals surface area contributed by atoms with E-state index in [4.69, 9.17) is 4.74 Å². The van der Waals surface area contributed by atoms with Gasteiger partial charge in [-0.15, -0.1) is 0 Å². The molecule has 0 aliphatic carbocycles. The van der Waals surface area contributed by atoms with Crippen molar-refractivity contribution in [2.24, 2.45) is 5.92 Å². The van der Waals surface area contributed by atoms with Gasteiger partial charge in [0.25, 0.3) is 0 Å². The van der Waals surface area contributed by atoms with E-state index in [1.165, 1.54) is 12.1 Å². The minimum atomic E-state index is -4.46. The van der Waals surface area contributed by atoms with E-state index in [1.54, 1.807) is 50.2 Å². The Morgan fingerprint density at radius 1 is 1.00 bits per heavy atom. The van der Waals surface area contributed by atoms with Crippen LogP contribution in [-0.2, 0) is 27.6 Å². The Balaban J connectivity index is 1.65. The molecule has 3 rings (SSSR count). The molecular formula is C24H23F3N2O5S.